The summed E-state index contributed by atoms with van der Waals surface area (Å²) >= 11 is 0. The Morgan fingerprint density at radius 1 is 0.950 bits per heavy atom. The van der Waals surface area contributed by atoms with Gasteiger partial charge in [0.05, 0.1) is 18.4 Å². The average molecular weight is 554 g/mol. The quantitative estimate of drug-likeness (QED) is 0.226. The van der Waals surface area contributed by atoms with Crippen LogP contribution in [0.3, 0.4) is 0 Å². The number of rotatable bonds is 4. The van der Waals surface area contributed by atoms with Crippen molar-refractivity contribution in [1.29, 1.82) is 0 Å². The Bertz CT molecular complexity index is 1120. The van der Waals surface area contributed by atoms with Gasteiger partial charge in [0.2, 0.25) is 5.91 Å². The summed E-state index contributed by atoms with van der Waals surface area (Å²) in [6.45, 7) is 19.1. The van der Waals surface area contributed by atoms with E-state index in [0.717, 1.165) is 57.8 Å². The molecule has 4 saturated carbocycles. The maximum absolute atomic E-state index is 13.8. The van der Waals surface area contributed by atoms with Gasteiger partial charge in [-0.1, -0.05) is 67.0 Å². The topological polar surface area (TPSA) is 72.5 Å². The molecule has 0 aromatic rings. The molecule has 5 heteroatoms. The Hall–Kier alpha value is -1.65. The molecule has 0 radical (unpaired) electrons. The lowest BCUT2D eigenvalue weighted by Gasteiger charge is -2.71. The molecule has 4 fully saturated rings. The molecule has 0 bridgehead atoms. The number of carbonyl (C=O) groups is 3. The Kier molecular flexibility index (Phi) is 7.03. The molecule has 5 nitrogen and oxygen atoms in total. The Morgan fingerprint density at radius 3 is 2.27 bits per heavy atom. The fourth-order valence-electron chi connectivity index (χ4n) is 11.4. The van der Waals surface area contributed by atoms with E-state index in [4.69, 9.17) is 4.74 Å². The maximum Gasteiger partial charge on any atom is 0.312 e. The molecule has 0 aromatic heterocycles. The van der Waals surface area contributed by atoms with Crippen LogP contribution in [0.5, 0.6) is 0 Å². The predicted molar refractivity (Wildman–Crippen MR) is 158 cm³/mol. The van der Waals surface area contributed by atoms with Gasteiger partial charge in [0.25, 0.3) is 0 Å². The van der Waals surface area contributed by atoms with Gasteiger partial charge in [-0.2, -0.15) is 0 Å². The van der Waals surface area contributed by atoms with Crippen LogP contribution in [0.4, 0.5) is 0 Å². The number of amides is 1. The number of Topliss-reactive ketones (excluding diaryl/α,β-unsaturated/α-hetero) is 1. The van der Waals surface area contributed by atoms with E-state index in [2.05, 4.69) is 66.8 Å². The fraction of sp³-hybridized carbons (Fsp3) is 0.857. The zero-order valence-corrected chi connectivity index (χ0v) is 26.8. The highest BCUT2D eigenvalue weighted by molar-refractivity contribution is 6.04. The van der Waals surface area contributed by atoms with Crippen molar-refractivity contribution >= 4 is 17.7 Å². The van der Waals surface area contributed by atoms with Crippen LogP contribution in [0.15, 0.2) is 11.6 Å². The van der Waals surface area contributed by atoms with E-state index in [9.17, 15) is 14.4 Å². The van der Waals surface area contributed by atoms with Gasteiger partial charge in [-0.3, -0.25) is 14.4 Å². The SMILES string of the molecule is CCCNC(=O)C1C[C@@]2(C)C(CC[C@]3(C)C2CC=C2C4CC(C)(C)CC[C@]4(C(=O)OC)CC[C@]23C)C(C)(C)C1=O. The minimum atomic E-state index is -0.569. The Balaban J connectivity index is 1.58. The van der Waals surface area contributed by atoms with Gasteiger partial charge < -0.3 is 10.1 Å². The average Bonchev–Trinajstić information content (AvgIpc) is 2.89. The van der Waals surface area contributed by atoms with Gasteiger partial charge in [-0.15, -0.1) is 0 Å². The predicted octanol–water partition coefficient (Wildman–Crippen LogP) is 7.28. The highest BCUT2D eigenvalue weighted by Crippen LogP contribution is 2.75. The molecule has 0 heterocycles. The molecule has 0 aliphatic heterocycles. The van der Waals surface area contributed by atoms with E-state index in [1.165, 1.54) is 5.57 Å². The fourth-order valence-corrected chi connectivity index (χ4v) is 11.4. The molecular weight excluding hydrogens is 498 g/mol. The summed E-state index contributed by atoms with van der Waals surface area (Å²) in [5.74, 6) is 0.371. The summed E-state index contributed by atoms with van der Waals surface area (Å²) in [7, 11) is 1.57. The summed E-state index contributed by atoms with van der Waals surface area (Å²) in [5, 5.41) is 3.06. The molecule has 4 unspecified atom stereocenters. The summed E-state index contributed by atoms with van der Waals surface area (Å²) in [6, 6.07) is 0. The first-order chi connectivity index (χ1) is 18.5. The number of methoxy groups -OCH3 is 1. The number of carbonyl (C=O) groups excluding carboxylic acids is 3. The van der Waals surface area contributed by atoms with Crippen molar-refractivity contribution in [3.8, 4) is 0 Å². The van der Waals surface area contributed by atoms with E-state index in [0.29, 0.717) is 18.9 Å². The molecule has 0 aromatic carbocycles. The van der Waals surface area contributed by atoms with Gasteiger partial charge in [0, 0.05) is 12.0 Å². The van der Waals surface area contributed by atoms with Crippen molar-refractivity contribution in [1.82, 2.24) is 5.32 Å². The van der Waals surface area contributed by atoms with Gasteiger partial charge in [0.15, 0.2) is 5.78 Å². The van der Waals surface area contributed by atoms with E-state index in [-0.39, 0.29) is 51.2 Å². The highest BCUT2D eigenvalue weighted by atomic mass is 16.5. The summed E-state index contributed by atoms with van der Waals surface area (Å²) in [4.78, 5) is 40.6. The molecule has 224 valence electrons. The first kappa shape index (κ1) is 29.8. The zero-order valence-electron chi connectivity index (χ0n) is 26.8. The van der Waals surface area contributed by atoms with Crippen LogP contribution in [-0.4, -0.2) is 31.3 Å². The molecule has 0 saturated heterocycles. The van der Waals surface area contributed by atoms with Crippen molar-refractivity contribution in [2.24, 2.45) is 56.2 Å². The van der Waals surface area contributed by atoms with E-state index >= 15 is 0 Å². The van der Waals surface area contributed by atoms with E-state index in [1.807, 2.05) is 0 Å². The van der Waals surface area contributed by atoms with Crippen LogP contribution in [0, 0.1) is 56.2 Å². The van der Waals surface area contributed by atoms with Crippen LogP contribution in [0.25, 0.3) is 0 Å². The summed E-state index contributed by atoms with van der Waals surface area (Å²) in [5.41, 5.74) is 0.732. The smallest absolute Gasteiger partial charge is 0.312 e. The van der Waals surface area contributed by atoms with E-state index in [1.54, 1.807) is 7.11 Å². The second-order valence-corrected chi connectivity index (χ2v) is 16.5. The van der Waals surface area contributed by atoms with Crippen LogP contribution < -0.4 is 5.32 Å². The highest BCUT2D eigenvalue weighted by Gasteiger charge is 2.70. The normalized spacial score (nSPS) is 45.1. The van der Waals surface area contributed by atoms with Crippen LogP contribution >= 0.6 is 0 Å². The zero-order chi connectivity index (χ0) is 29.5. The van der Waals surface area contributed by atoms with Gasteiger partial charge in [0.1, 0.15) is 0 Å². The third-order valence-electron chi connectivity index (χ3n) is 13.8. The standard InChI is InChI=1S/C35H55NO4/c1-10-19-36-28(38)22-20-32(6)25(31(4,5)27(22)37)13-14-34(8)26(32)12-11-23-24-21-30(2,3)15-17-35(24,29(39)40-9)18-16-33(23,34)7/h11,22,24-26H,10,12-21H2,1-9H3,(H,36,38)/t22?,24?,25?,26?,32-,33+,34+,35-/m0/s1. The number of ketones is 1. The largest absolute Gasteiger partial charge is 0.469 e. The van der Waals surface area contributed by atoms with E-state index < -0.39 is 16.7 Å². The van der Waals surface area contributed by atoms with Crippen molar-refractivity contribution < 1.29 is 19.1 Å². The van der Waals surface area contributed by atoms with Crippen LogP contribution in [-0.2, 0) is 19.1 Å². The Labute approximate surface area is 243 Å². The molecule has 0 spiro atoms. The molecule has 40 heavy (non-hydrogen) atoms. The third-order valence-corrected chi connectivity index (χ3v) is 13.8. The number of nitrogens with one attached hydrogen (secondary N) is 1. The molecule has 1 amide bonds. The molecule has 5 aliphatic rings. The Morgan fingerprint density at radius 2 is 1.62 bits per heavy atom. The van der Waals surface area contributed by atoms with Crippen molar-refractivity contribution in [3.05, 3.63) is 11.6 Å². The van der Waals surface area contributed by atoms with Gasteiger partial charge in [-0.05, 0) is 104 Å². The van der Waals surface area contributed by atoms with Crippen LogP contribution in [0.1, 0.15) is 120 Å². The number of esters is 1. The summed E-state index contributed by atoms with van der Waals surface area (Å²) < 4.78 is 5.51. The molecule has 8 atom stereocenters. The van der Waals surface area contributed by atoms with Gasteiger partial charge >= 0.3 is 5.97 Å². The summed E-state index contributed by atoms with van der Waals surface area (Å²) in [6.07, 6.45) is 12.0. The molecule has 5 aliphatic carbocycles. The minimum absolute atomic E-state index is 0.00706. The number of hydrogen-bond donors (Lipinski definition) is 1. The van der Waals surface area contributed by atoms with Gasteiger partial charge in [-0.25, -0.2) is 0 Å². The maximum atomic E-state index is 13.8. The van der Waals surface area contributed by atoms with Crippen molar-refractivity contribution in [2.75, 3.05) is 13.7 Å². The number of ether oxygens (including phenoxy) is 1. The second-order valence-electron chi connectivity index (χ2n) is 16.5. The van der Waals surface area contributed by atoms with Crippen molar-refractivity contribution in [3.63, 3.8) is 0 Å². The lowest BCUT2D eigenvalue weighted by Crippen LogP contribution is -2.66. The minimum Gasteiger partial charge on any atom is -0.469 e. The lowest BCUT2D eigenvalue weighted by molar-refractivity contribution is -0.196. The monoisotopic (exact) mass is 553 g/mol. The number of hydrogen-bond acceptors (Lipinski definition) is 4. The second kappa shape index (κ2) is 9.43. The number of fused-ring (bicyclic) bond motifs is 7. The number of allylic oxidation sites excluding steroid dienone is 2. The molecule has 5 rings (SSSR count). The third kappa shape index (κ3) is 3.87. The van der Waals surface area contributed by atoms with Crippen LogP contribution in [0.2, 0.25) is 0 Å². The van der Waals surface area contributed by atoms with Crippen molar-refractivity contribution in [2.45, 2.75) is 120 Å². The lowest BCUT2D eigenvalue weighted by atomic mass is 9.33. The first-order valence-corrected chi connectivity index (χ1v) is 16.1. The first-order valence-electron chi connectivity index (χ1n) is 16.1. The molecular formula is C35H55NO4. The molecule has 1 N–H and O–H groups in total.